The van der Waals surface area contributed by atoms with Crippen molar-refractivity contribution in [1.29, 1.82) is 0 Å². The van der Waals surface area contributed by atoms with Gasteiger partial charge in [-0.05, 0) is 19.8 Å². The summed E-state index contributed by atoms with van der Waals surface area (Å²) in [6.07, 6.45) is -0.118. The van der Waals surface area contributed by atoms with Gasteiger partial charge < -0.3 is 38.0 Å². The van der Waals surface area contributed by atoms with Crippen molar-refractivity contribution in [3.8, 4) is 0 Å². The van der Waals surface area contributed by atoms with Gasteiger partial charge in [0.05, 0.1) is 0 Å². The lowest BCUT2D eigenvalue weighted by Crippen LogP contribution is -2.50. The highest BCUT2D eigenvalue weighted by molar-refractivity contribution is 5.89. The second kappa shape index (κ2) is 13.9. The molecule has 10 N–H and O–H groups in total. The van der Waals surface area contributed by atoms with Crippen LogP contribution in [0.25, 0.3) is 0 Å². The van der Waals surface area contributed by atoms with E-state index in [1.807, 2.05) is 0 Å². The van der Waals surface area contributed by atoms with Crippen LogP contribution in [-0.2, 0) is 28.8 Å². The average Bonchev–Trinajstić information content (AvgIpc) is 2.55. The van der Waals surface area contributed by atoms with E-state index in [1.165, 1.54) is 13.8 Å². The van der Waals surface area contributed by atoms with E-state index in [0.29, 0.717) is 0 Å². The zero-order valence-corrected chi connectivity index (χ0v) is 15.6. The van der Waals surface area contributed by atoms with Gasteiger partial charge in [-0.3, -0.25) is 24.0 Å². The first-order valence-corrected chi connectivity index (χ1v) is 8.13. The van der Waals surface area contributed by atoms with Crippen molar-refractivity contribution >= 4 is 35.6 Å². The Morgan fingerprint density at radius 1 is 0.857 bits per heavy atom. The van der Waals surface area contributed by atoms with Crippen LogP contribution in [0.15, 0.2) is 0 Å². The lowest BCUT2D eigenvalue weighted by molar-refractivity contribution is -0.142. The van der Waals surface area contributed by atoms with Gasteiger partial charge in [-0.1, -0.05) is 0 Å². The molecule has 0 aliphatic carbocycles. The number of rotatable bonds is 11. The third kappa shape index (κ3) is 15.1. The highest BCUT2D eigenvalue weighted by atomic mass is 16.4. The van der Waals surface area contributed by atoms with E-state index >= 15 is 0 Å². The summed E-state index contributed by atoms with van der Waals surface area (Å²) in [5.41, 5.74) is 14.7. The molecule has 13 nitrogen and oxygen atoms in total. The molecule has 3 atom stereocenters. The molecule has 0 rings (SSSR count). The molecule has 0 aromatic carbocycles. The standard InChI is InChI=1S/C10H17N3O5.C5H10N2O3/c1-5(12-6(2)14)9(16)13-7(10(17)18)3-4-8(11)15;6-3(5(9)10)1-2-4(7)8/h5,7H,3-4H2,1-2H3,(H2,11,15)(H,12,14)(H,13,16)(H,17,18);3H,1-2,6H2,(H2,7,8)(H,9,10)/t5-,7-;3-/m00/s1. The summed E-state index contributed by atoms with van der Waals surface area (Å²) in [4.78, 5) is 63.8. The smallest absolute Gasteiger partial charge is 0.326 e. The normalized spacial score (nSPS) is 13.0. The maximum absolute atomic E-state index is 11.5. The van der Waals surface area contributed by atoms with Crippen molar-refractivity contribution in [2.24, 2.45) is 17.2 Å². The molecule has 0 spiro atoms. The van der Waals surface area contributed by atoms with E-state index in [2.05, 4.69) is 10.6 Å². The van der Waals surface area contributed by atoms with Crippen molar-refractivity contribution in [2.75, 3.05) is 0 Å². The minimum atomic E-state index is -1.26. The quantitative estimate of drug-likeness (QED) is 0.185. The summed E-state index contributed by atoms with van der Waals surface area (Å²) in [5, 5.41) is 21.6. The van der Waals surface area contributed by atoms with Crippen molar-refractivity contribution in [3.63, 3.8) is 0 Å². The minimum Gasteiger partial charge on any atom is -0.480 e. The monoisotopic (exact) mass is 405 g/mol. The largest absolute Gasteiger partial charge is 0.480 e. The molecule has 0 unspecified atom stereocenters. The summed E-state index contributed by atoms with van der Waals surface area (Å²) in [6.45, 7) is 2.66. The maximum Gasteiger partial charge on any atom is 0.326 e. The molecular weight excluding hydrogens is 378 g/mol. The third-order valence-electron chi connectivity index (χ3n) is 3.13. The summed E-state index contributed by atoms with van der Waals surface area (Å²) < 4.78 is 0. The Kier molecular flexibility index (Phi) is 13.4. The van der Waals surface area contributed by atoms with Crippen molar-refractivity contribution in [3.05, 3.63) is 0 Å². The number of carboxylic acid groups (broad SMARTS) is 2. The zero-order chi connectivity index (χ0) is 22.4. The van der Waals surface area contributed by atoms with E-state index in [1.54, 1.807) is 0 Å². The summed E-state index contributed by atoms with van der Waals surface area (Å²) in [7, 11) is 0. The number of aliphatic carboxylic acids is 2. The van der Waals surface area contributed by atoms with Crippen LogP contribution in [0.5, 0.6) is 0 Å². The van der Waals surface area contributed by atoms with Gasteiger partial charge >= 0.3 is 11.9 Å². The third-order valence-corrected chi connectivity index (χ3v) is 3.13. The van der Waals surface area contributed by atoms with Crippen LogP contribution in [0.4, 0.5) is 0 Å². The molecule has 28 heavy (non-hydrogen) atoms. The van der Waals surface area contributed by atoms with Crippen LogP contribution in [0.3, 0.4) is 0 Å². The maximum atomic E-state index is 11.5. The Morgan fingerprint density at radius 3 is 1.68 bits per heavy atom. The Bertz CT molecular complexity index is 595. The molecule has 13 heteroatoms. The molecule has 0 bridgehead atoms. The minimum absolute atomic E-state index is 0.0213. The molecule has 160 valence electrons. The first-order valence-electron chi connectivity index (χ1n) is 8.13. The fourth-order valence-corrected chi connectivity index (χ4v) is 1.63. The molecular formula is C15H27N5O8. The van der Waals surface area contributed by atoms with Crippen molar-refractivity contribution in [1.82, 2.24) is 10.6 Å². The molecule has 0 radical (unpaired) electrons. The van der Waals surface area contributed by atoms with E-state index in [4.69, 9.17) is 27.4 Å². The second-order valence-electron chi connectivity index (χ2n) is 5.78. The fourth-order valence-electron chi connectivity index (χ4n) is 1.63. The first-order chi connectivity index (χ1) is 12.8. The Labute approximate surface area is 161 Å². The molecule has 0 fully saturated rings. The summed E-state index contributed by atoms with van der Waals surface area (Å²) >= 11 is 0. The van der Waals surface area contributed by atoms with Crippen LogP contribution in [0, 0.1) is 0 Å². The van der Waals surface area contributed by atoms with Crippen LogP contribution in [0.1, 0.15) is 39.5 Å². The van der Waals surface area contributed by atoms with E-state index in [-0.39, 0.29) is 25.7 Å². The molecule has 0 aliphatic rings. The second-order valence-corrected chi connectivity index (χ2v) is 5.78. The van der Waals surface area contributed by atoms with Gasteiger partial charge in [0.25, 0.3) is 0 Å². The predicted molar refractivity (Wildman–Crippen MR) is 95.3 cm³/mol. The molecule has 0 heterocycles. The first kappa shape index (κ1) is 27.0. The van der Waals surface area contributed by atoms with Crippen molar-refractivity contribution < 1.29 is 39.0 Å². The number of hydrogen-bond acceptors (Lipinski definition) is 7. The number of hydrogen-bond donors (Lipinski definition) is 7. The molecule has 0 saturated carbocycles. The van der Waals surface area contributed by atoms with Gasteiger partial charge in [-0.25, -0.2) is 4.79 Å². The number of carboxylic acids is 2. The van der Waals surface area contributed by atoms with Crippen LogP contribution in [0.2, 0.25) is 0 Å². The average molecular weight is 405 g/mol. The molecule has 0 aromatic rings. The highest BCUT2D eigenvalue weighted by Gasteiger charge is 2.23. The predicted octanol–water partition coefficient (Wildman–Crippen LogP) is -2.99. The lowest BCUT2D eigenvalue weighted by Gasteiger charge is -2.17. The van der Waals surface area contributed by atoms with E-state index in [0.717, 1.165) is 0 Å². The van der Waals surface area contributed by atoms with Gasteiger partial charge in [0, 0.05) is 19.8 Å². The molecule has 0 saturated heterocycles. The van der Waals surface area contributed by atoms with Gasteiger partial charge in [0.2, 0.25) is 23.6 Å². The number of primary amides is 2. The van der Waals surface area contributed by atoms with Gasteiger partial charge in [-0.15, -0.1) is 0 Å². The topological polar surface area (TPSA) is 245 Å². The number of nitrogens with one attached hydrogen (secondary N) is 2. The van der Waals surface area contributed by atoms with Gasteiger partial charge in [0.15, 0.2) is 0 Å². The van der Waals surface area contributed by atoms with Crippen molar-refractivity contribution in [2.45, 2.75) is 57.7 Å². The molecule has 0 aliphatic heterocycles. The number of amides is 4. The van der Waals surface area contributed by atoms with Crippen LogP contribution >= 0.6 is 0 Å². The lowest BCUT2D eigenvalue weighted by atomic mass is 10.1. The molecule has 0 aromatic heterocycles. The highest BCUT2D eigenvalue weighted by Crippen LogP contribution is 1.98. The van der Waals surface area contributed by atoms with Gasteiger partial charge in [0.1, 0.15) is 18.1 Å². The Morgan fingerprint density at radius 2 is 1.32 bits per heavy atom. The summed E-state index contributed by atoms with van der Waals surface area (Å²) in [5.74, 6) is -4.59. The van der Waals surface area contributed by atoms with E-state index < -0.39 is 53.7 Å². The SMILES string of the molecule is CC(=O)N[C@@H](C)C(=O)N[C@@H](CCC(N)=O)C(=O)O.NC(=O)CC[C@H](N)C(=O)O. The van der Waals surface area contributed by atoms with Crippen LogP contribution in [-0.4, -0.2) is 63.9 Å². The molecule has 4 amide bonds. The number of carbonyl (C=O) groups excluding carboxylic acids is 4. The van der Waals surface area contributed by atoms with E-state index in [9.17, 15) is 28.8 Å². The summed E-state index contributed by atoms with van der Waals surface area (Å²) in [6, 6.07) is -3.04. The Balaban J connectivity index is 0. The van der Waals surface area contributed by atoms with Gasteiger partial charge in [-0.2, -0.15) is 0 Å². The number of carbonyl (C=O) groups is 6. The fraction of sp³-hybridized carbons (Fsp3) is 0.600. The zero-order valence-electron chi connectivity index (χ0n) is 15.6. The van der Waals surface area contributed by atoms with Crippen LogP contribution < -0.4 is 27.8 Å². The Hall–Kier alpha value is -3.22. The number of nitrogens with two attached hydrogens (primary N) is 3.